The molecule has 2 aromatic carbocycles. The van der Waals surface area contributed by atoms with Crippen LogP contribution in [0.4, 0.5) is 4.39 Å². The maximum absolute atomic E-state index is 13.3. The smallest absolute Gasteiger partial charge is 0.256 e. The van der Waals surface area contributed by atoms with Gasteiger partial charge < -0.3 is 9.42 Å². The molecule has 3 aromatic rings. The van der Waals surface area contributed by atoms with E-state index in [0.717, 1.165) is 53.8 Å². The molecular formula is C22H25ClFN3O3S. The molecule has 0 bridgehead atoms. The highest BCUT2D eigenvalue weighted by Crippen LogP contribution is 2.32. The average molecular weight is 466 g/mol. The van der Waals surface area contributed by atoms with Crippen LogP contribution in [0, 0.1) is 5.82 Å². The molecule has 0 atom stereocenters. The van der Waals surface area contributed by atoms with Gasteiger partial charge in [0.2, 0.25) is 0 Å². The second kappa shape index (κ2) is 9.65. The minimum Gasteiger partial charge on any atom is -0.356 e. The molecule has 0 amide bonds. The lowest BCUT2D eigenvalue weighted by Crippen LogP contribution is -2.34. The van der Waals surface area contributed by atoms with Crippen LogP contribution < -0.4 is 0 Å². The Bertz CT molecular complexity index is 1120. The van der Waals surface area contributed by atoms with Crippen LogP contribution in [0.2, 0.25) is 0 Å². The number of hydrogen-bond donors (Lipinski definition) is 0. The van der Waals surface area contributed by atoms with Crippen molar-refractivity contribution in [3.8, 4) is 0 Å². The maximum Gasteiger partial charge on any atom is 0.256 e. The van der Waals surface area contributed by atoms with Gasteiger partial charge in [-0.15, -0.1) is 3.82 Å². The van der Waals surface area contributed by atoms with Gasteiger partial charge in [-0.2, -0.15) is 0 Å². The molecule has 1 aliphatic rings. The van der Waals surface area contributed by atoms with Crippen LogP contribution in [0.5, 0.6) is 0 Å². The molecule has 9 heteroatoms. The van der Waals surface area contributed by atoms with Crippen molar-refractivity contribution in [3.63, 3.8) is 0 Å². The number of piperidine rings is 1. The summed E-state index contributed by atoms with van der Waals surface area (Å²) in [5.41, 5.74) is 1.41. The van der Waals surface area contributed by atoms with Gasteiger partial charge in [0, 0.05) is 23.9 Å². The van der Waals surface area contributed by atoms with E-state index in [1.165, 1.54) is 12.1 Å². The molecule has 0 spiro atoms. The lowest BCUT2D eigenvalue weighted by Gasteiger charge is -2.31. The monoisotopic (exact) mass is 465 g/mol. The molecule has 0 aliphatic carbocycles. The zero-order valence-electron chi connectivity index (χ0n) is 17.1. The Kier molecular flexibility index (Phi) is 6.91. The van der Waals surface area contributed by atoms with Crippen molar-refractivity contribution in [2.75, 3.05) is 26.2 Å². The Hall–Kier alpha value is -2.00. The predicted molar refractivity (Wildman–Crippen MR) is 118 cm³/mol. The zero-order chi connectivity index (χ0) is 21.8. The second-order valence-corrected chi connectivity index (χ2v) is 10.3. The molecule has 1 aromatic heterocycles. The molecule has 0 radical (unpaired) electrons. The van der Waals surface area contributed by atoms with Crippen LogP contribution in [0.1, 0.15) is 37.3 Å². The predicted octanol–water partition coefficient (Wildman–Crippen LogP) is 4.77. The van der Waals surface area contributed by atoms with Gasteiger partial charge in [-0.3, -0.25) is 0 Å². The van der Waals surface area contributed by atoms with Crippen LogP contribution in [-0.2, 0) is 10.0 Å². The fourth-order valence-electron chi connectivity index (χ4n) is 4.05. The second-order valence-electron chi connectivity index (χ2n) is 7.86. The van der Waals surface area contributed by atoms with Crippen molar-refractivity contribution in [3.05, 3.63) is 60.0 Å². The molecule has 1 aliphatic heterocycles. The SMILES string of the molecule is O=S(=O)(c1ccccc1)N(Cl)CCCCN1CCC(c2noc3cc(F)ccc23)CC1. The quantitative estimate of drug-likeness (QED) is 0.354. The number of nitrogens with zero attached hydrogens (tertiary/aromatic N) is 3. The van der Waals surface area contributed by atoms with Crippen LogP contribution in [-0.4, -0.2) is 48.5 Å². The van der Waals surface area contributed by atoms with Gasteiger partial charge in [-0.1, -0.05) is 23.4 Å². The molecule has 1 saturated heterocycles. The minimum atomic E-state index is -3.65. The number of fused-ring (bicyclic) bond motifs is 1. The fraction of sp³-hybridized carbons (Fsp3) is 0.409. The molecule has 4 rings (SSSR count). The first-order chi connectivity index (χ1) is 14.9. The lowest BCUT2D eigenvalue weighted by atomic mass is 9.91. The van der Waals surface area contributed by atoms with Crippen LogP contribution in [0.15, 0.2) is 57.9 Å². The Morgan fingerprint density at radius 3 is 2.61 bits per heavy atom. The van der Waals surface area contributed by atoms with E-state index in [1.807, 2.05) is 0 Å². The summed E-state index contributed by atoms with van der Waals surface area (Å²) in [5, 5.41) is 5.08. The van der Waals surface area contributed by atoms with E-state index in [4.69, 9.17) is 16.3 Å². The molecule has 6 nitrogen and oxygen atoms in total. The third-order valence-electron chi connectivity index (χ3n) is 5.80. The number of unbranched alkanes of at least 4 members (excludes halogenated alkanes) is 1. The first kappa shape index (κ1) is 22.2. The normalized spacial score (nSPS) is 16.4. The van der Waals surface area contributed by atoms with Gasteiger partial charge in [-0.25, -0.2) is 12.8 Å². The molecule has 0 unspecified atom stereocenters. The van der Waals surface area contributed by atoms with Crippen LogP contribution in [0.3, 0.4) is 0 Å². The van der Waals surface area contributed by atoms with E-state index in [1.54, 1.807) is 36.4 Å². The summed E-state index contributed by atoms with van der Waals surface area (Å²) in [4.78, 5) is 2.58. The van der Waals surface area contributed by atoms with Gasteiger partial charge in [0.05, 0.1) is 10.6 Å². The maximum atomic E-state index is 13.3. The van der Waals surface area contributed by atoms with Crippen molar-refractivity contribution in [1.82, 2.24) is 13.9 Å². The summed E-state index contributed by atoms with van der Waals surface area (Å²) in [6, 6.07) is 12.8. The van der Waals surface area contributed by atoms with Crippen molar-refractivity contribution in [2.24, 2.45) is 0 Å². The summed E-state index contributed by atoms with van der Waals surface area (Å²) in [5.74, 6) is -0.0191. The average Bonchev–Trinajstić information content (AvgIpc) is 3.20. The molecule has 166 valence electrons. The number of likely N-dealkylation sites (tertiary alicyclic amines) is 1. The number of benzene rings is 2. The van der Waals surface area contributed by atoms with E-state index in [2.05, 4.69) is 10.1 Å². The summed E-state index contributed by atoms with van der Waals surface area (Å²) >= 11 is 6.05. The number of hydrogen-bond acceptors (Lipinski definition) is 5. The summed E-state index contributed by atoms with van der Waals surface area (Å²) in [6.07, 6.45) is 3.48. The lowest BCUT2D eigenvalue weighted by molar-refractivity contribution is 0.205. The molecule has 2 heterocycles. The Labute approximate surface area is 186 Å². The van der Waals surface area contributed by atoms with Crippen molar-refractivity contribution in [1.29, 1.82) is 0 Å². The minimum absolute atomic E-state index is 0.204. The fourth-order valence-corrected chi connectivity index (χ4v) is 5.51. The Morgan fingerprint density at radius 2 is 1.87 bits per heavy atom. The highest BCUT2D eigenvalue weighted by Gasteiger charge is 2.25. The number of rotatable bonds is 8. The number of sulfonamides is 1. The van der Waals surface area contributed by atoms with Crippen molar-refractivity contribution < 1.29 is 17.3 Å². The number of aromatic nitrogens is 1. The largest absolute Gasteiger partial charge is 0.356 e. The van der Waals surface area contributed by atoms with E-state index >= 15 is 0 Å². The Morgan fingerprint density at radius 1 is 1.13 bits per heavy atom. The first-order valence-electron chi connectivity index (χ1n) is 10.5. The first-order valence-corrected chi connectivity index (χ1v) is 12.2. The van der Waals surface area contributed by atoms with Gasteiger partial charge in [0.25, 0.3) is 10.0 Å². The van der Waals surface area contributed by atoms with Crippen molar-refractivity contribution in [2.45, 2.75) is 36.5 Å². The highest BCUT2D eigenvalue weighted by atomic mass is 35.5. The third-order valence-corrected chi connectivity index (χ3v) is 8.08. The topological polar surface area (TPSA) is 66.7 Å². The van der Waals surface area contributed by atoms with Crippen LogP contribution >= 0.6 is 11.8 Å². The van der Waals surface area contributed by atoms with E-state index in [0.29, 0.717) is 17.9 Å². The summed E-state index contributed by atoms with van der Waals surface area (Å²) < 4.78 is 44.4. The van der Waals surface area contributed by atoms with Crippen LogP contribution in [0.25, 0.3) is 11.0 Å². The number of halogens is 2. The Balaban J connectivity index is 1.22. The van der Waals surface area contributed by atoms with Gasteiger partial charge in [0.15, 0.2) is 5.58 Å². The van der Waals surface area contributed by atoms with E-state index in [9.17, 15) is 12.8 Å². The van der Waals surface area contributed by atoms with Crippen molar-refractivity contribution >= 4 is 32.8 Å². The zero-order valence-corrected chi connectivity index (χ0v) is 18.7. The van der Waals surface area contributed by atoms with Gasteiger partial charge in [-0.05, 0) is 81.4 Å². The van der Waals surface area contributed by atoms with E-state index < -0.39 is 10.0 Å². The molecule has 0 saturated carbocycles. The highest BCUT2D eigenvalue weighted by molar-refractivity contribution is 7.90. The summed E-state index contributed by atoms with van der Waals surface area (Å²) in [7, 11) is -3.65. The molecule has 1 fully saturated rings. The molecule has 31 heavy (non-hydrogen) atoms. The molecular weight excluding hydrogens is 441 g/mol. The standard InChI is InChI=1S/C22H25ClFN3O3S/c23-27(31(28,29)19-6-2-1-3-7-19)13-5-4-12-26-14-10-17(11-15-26)22-20-9-8-18(24)16-21(20)30-25-22/h1-3,6-9,16-17H,4-5,10-15H2. The third kappa shape index (κ3) is 5.09. The van der Waals surface area contributed by atoms with Gasteiger partial charge >= 0.3 is 0 Å². The van der Waals surface area contributed by atoms with Gasteiger partial charge in [0.1, 0.15) is 5.82 Å². The van der Waals surface area contributed by atoms with E-state index in [-0.39, 0.29) is 17.3 Å². The summed E-state index contributed by atoms with van der Waals surface area (Å²) in [6.45, 7) is 3.05. The molecule has 0 N–H and O–H groups in total.